The molecule has 0 saturated heterocycles. The predicted molar refractivity (Wildman–Crippen MR) is 142 cm³/mol. The molecule has 33 heavy (non-hydrogen) atoms. The molecule has 3 aliphatic carbocycles. The van der Waals surface area contributed by atoms with Crippen molar-refractivity contribution in [3.05, 3.63) is 0 Å². The highest BCUT2D eigenvalue weighted by atomic mass is 16.3. The Bertz CT molecular complexity index is 431. The van der Waals surface area contributed by atoms with Crippen LogP contribution in [0.4, 0.5) is 0 Å². The van der Waals surface area contributed by atoms with Crippen LogP contribution in [0.1, 0.15) is 120 Å². The maximum Gasteiger partial charge on any atom is 0.0573 e. The summed E-state index contributed by atoms with van der Waals surface area (Å²) >= 11 is 0. The first-order chi connectivity index (χ1) is 15.3. The molecule has 0 aromatic heterocycles. The largest absolute Gasteiger partial charge is 0.393 e. The average Bonchev–Trinajstić information content (AvgIpc) is 2.68. The number of hydrogen-bond acceptors (Lipinski definition) is 3. The standard InChI is InChI=1S/3C10H20O/c3*1-7(2)9-5-4-8(3)6-10(9)11/h3*7-11H,4-6H2,1-3H3/t3*8-,9+,10-/m111/s1. The summed E-state index contributed by atoms with van der Waals surface area (Å²) in [5, 5.41) is 29.1. The van der Waals surface area contributed by atoms with E-state index < -0.39 is 0 Å². The van der Waals surface area contributed by atoms with Crippen molar-refractivity contribution in [2.24, 2.45) is 53.3 Å². The highest BCUT2D eigenvalue weighted by molar-refractivity contribution is 4.81. The van der Waals surface area contributed by atoms with Gasteiger partial charge in [0.25, 0.3) is 0 Å². The van der Waals surface area contributed by atoms with E-state index in [1.165, 1.54) is 38.5 Å². The molecule has 3 heteroatoms. The fourth-order valence-corrected chi connectivity index (χ4v) is 6.46. The summed E-state index contributed by atoms with van der Waals surface area (Å²) in [4.78, 5) is 0. The maximum absolute atomic E-state index is 9.71. The minimum Gasteiger partial charge on any atom is -0.393 e. The average molecular weight is 469 g/mol. The number of aliphatic hydroxyl groups excluding tert-OH is 3. The molecule has 0 unspecified atom stereocenters. The fourth-order valence-electron chi connectivity index (χ4n) is 6.46. The monoisotopic (exact) mass is 468 g/mol. The Morgan fingerprint density at radius 2 is 0.636 bits per heavy atom. The second-order valence-corrected chi connectivity index (χ2v) is 13.2. The summed E-state index contributed by atoms with van der Waals surface area (Å²) in [6.07, 6.45) is 10.5. The molecule has 9 atom stereocenters. The van der Waals surface area contributed by atoms with Crippen molar-refractivity contribution in [3.63, 3.8) is 0 Å². The molecule has 3 fully saturated rings. The fraction of sp³-hybridized carbons (Fsp3) is 1.00. The van der Waals surface area contributed by atoms with Gasteiger partial charge in [-0.2, -0.15) is 0 Å². The Kier molecular flexibility index (Phi) is 14.1. The van der Waals surface area contributed by atoms with Gasteiger partial charge in [0, 0.05) is 0 Å². The molecule has 3 rings (SSSR count). The quantitative estimate of drug-likeness (QED) is 0.406. The topological polar surface area (TPSA) is 60.7 Å². The predicted octanol–water partition coefficient (Wildman–Crippen LogP) is 7.32. The first-order valence-corrected chi connectivity index (χ1v) is 14.4. The maximum atomic E-state index is 9.71. The summed E-state index contributed by atoms with van der Waals surface area (Å²) in [7, 11) is 0. The van der Waals surface area contributed by atoms with Crippen LogP contribution in [0, 0.1) is 53.3 Å². The lowest BCUT2D eigenvalue weighted by molar-refractivity contribution is 0.0263. The Morgan fingerprint density at radius 3 is 0.788 bits per heavy atom. The van der Waals surface area contributed by atoms with E-state index >= 15 is 0 Å². The summed E-state index contributed by atoms with van der Waals surface area (Å²) in [6, 6.07) is 0. The van der Waals surface area contributed by atoms with Crippen LogP contribution in [0.3, 0.4) is 0 Å². The van der Waals surface area contributed by atoms with Crippen molar-refractivity contribution >= 4 is 0 Å². The van der Waals surface area contributed by atoms with E-state index in [9.17, 15) is 15.3 Å². The molecule has 0 spiro atoms. The zero-order chi connectivity index (χ0) is 25.3. The summed E-state index contributed by atoms with van der Waals surface area (Å²) in [5.74, 6) is 5.84. The molecule has 3 N–H and O–H groups in total. The van der Waals surface area contributed by atoms with Gasteiger partial charge in [0.1, 0.15) is 0 Å². The van der Waals surface area contributed by atoms with Gasteiger partial charge in [-0.25, -0.2) is 0 Å². The van der Waals surface area contributed by atoms with Gasteiger partial charge in [-0.3, -0.25) is 0 Å². The van der Waals surface area contributed by atoms with Crippen LogP contribution in [0.15, 0.2) is 0 Å². The van der Waals surface area contributed by atoms with Crippen molar-refractivity contribution < 1.29 is 15.3 Å². The molecular formula is C30H60O3. The molecule has 0 aromatic carbocycles. The van der Waals surface area contributed by atoms with E-state index in [0.717, 1.165) is 37.0 Å². The van der Waals surface area contributed by atoms with Crippen molar-refractivity contribution in [3.8, 4) is 0 Å². The van der Waals surface area contributed by atoms with Gasteiger partial charge in [-0.15, -0.1) is 0 Å². The van der Waals surface area contributed by atoms with Gasteiger partial charge in [0.2, 0.25) is 0 Å². The van der Waals surface area contributed by atoms with E-state index in [4.69, 9.17) is 0 Å². The Labute approximate surface area is 207 Å². The Morgan fingerprint density at radius 1 is 0.424 bits per heavy atom. The molecule has 0 heterocycles. The first-order valence-electron chi connectivity index (χ1n) is 14.4. The summed E-state index contributed by atoms with van der Waals surface area (Å²) in [6.45, 7) is 20.0. The van der Waals surface area contributed by atoms with Crippen molar-refractivity contribution in [2.75, 3.05) is 0 Å². The number of aliphatic hydroxyl groups is 3. The highest BCUT2D eigenvalue weighted by Crippen LogP contribution is 2.34. The zero-order valence-corrected chi connectivity index (χ0v) is 23.6. The minimum atomic E-state index is -0.0289. The normalized spacial score (nSPS) is 39.5. The molecule has 3 saturated carbocycles. The van der Waals surface area contributed by atoms with Gasteiger partial charge >= 0.3 is 0 Å². The Balaban J connectivity index is 0.000000247. The minimum absolute atomic E-state index is 0.0289. The third kappa shape index (κ3) is 11.0. The van der Waals surface area contributed by atoms with Crippen LogP contribution < -0.4 is 0 Å². The number of rotatable bonds is 3. The lowest BCUT2D eigenvalue weighted by Gasteiger charge is -2.33. The van der Waals surface area contributed by atoms with Gasteiger partial charge in [0.05, 0.1) is 18.3 Å². The molecule has 0 aromatic rings. The van der Waals surface area contributed by atoms with Gasteiger partial charge < -0.3 is 15.3 Å². The molecule has 0 bridgehead atoms. The van der Waals surface area contributed by atoms with Crippen molar-refractivity contribution in [1.82, 2.24) is 0 Å². The van der Waals surface area contributed by atoms with Crippen LogP contribution in [-0.4, -0.2) is 33.6 Å². The first kappa shape index (κ1) is 30.9. The van der Waals surface area contributed by atoms with E-state index in [1.807, 2.05) is 0 Å². The third-order valence-corrected chi connectivity index (χ3v) is 8.96. The summed E-state index contributed by atoms with van der Waals surface area (Å²) < 4.78 is 0. The second-order valence-electron chi connectivity index (χ2n) is 13.2. The van der Waals surface area contributed by atoms with Crippen LogP contribution in [-0.2, 0) is 0 Å². The van der Waals surface area contributed by atoms with Gasteiger partial charge in [-0.05, 0) is 91.8 Å². The van der Waals surface area contributed by atoms with E-state index in [2.05, 4.69) is 62.3 Å². The molecule has 3 nitrogen and oxygen atoms in total. The molecule has 3 aliphatic rings. The van der Waals surface area contributed by atoms with Crippen molar-refractivity contribution in [1.29, 1.82) is 0 Å². The van der Waals surface area contributed by atoms with Gasteiger partial charge in [-0.1, -0.05) is 81.6 Å². The molecule has 0 aliphatic heterocycles. The van der Waals surface area contributed by atoms with Crippen LogP contribution >= 0.6 is 0 Å². The lowest BCUT2D eigenvalue weighted by atomic mass is 9.75. The van der Waals surface area contributed by atoms with Crippen LogP contribution in [0.25, 0.3) is 0 Å². The molecule has 0 radical (unpaired) electrons. The number of hydrogen-bond donors (Lipinski definition) is 3. The van der Waals surface area contributed by atoms with Crippen molar-refractivity contribution in [2.45, 2.75) is 138 Å². The molecule has 0 amide bonds. The second kappa shape index (κ2) is 15.1. The van der Waals surface area contributed by atoms with Crippen LogP contribution in [0.2, 0.25) is 0 Å². The zero-order valence-electron chi connectivity index (χ0n) is 23.6. The lowest BCUT2D eigenvalue weighted by Crippen LogP contribution is -2.31. The van der Waals surface area contributed by atoms with E-state index in [0.29, 0.717) is 35.5 Å². The SMILES string of the molecule is CC(C)[C@@H]1CC[C@@H](C)C[C@H]1O.CC(C)[C@@H]1CC[C@@H](C)C[C@H]1O.CC(C)[C@@H]1CC[C@@H](C)C[C@H]1O. The third-order valence-electron chi connectivity index (χ3n) is 8.96. The van der Waals surface area contributed by atoms with E-state index in [1.54, 1.807) is 0 Å². The van der Waals surface area contributed by atoms with Gasteiger partial charge in [0.15, 0.2) is 0 Å². The summed E-state index contributed by atoms with van der Waals surface area (Å²) in [5.41, 5.74) is 0. The van der Waals surface area contributed by atoms with Crippen LogP contribution in [0.5, 0.6) is 0 Å². The smallest absolute Gasteiger partial charge is 0.0573 e. The van der Waals surface area contributed by atoms with E-state index in [-0.39, 0.29) is 18.3 Å². The Hall–Kier alpha value is -0.120. The molecular weight excluding hydrogens is 408 g/mol. The highest BCUT2D eigenvalue weighted by Gasteiger charge is 2.30. The molecule has 198 valence electrons.